The zero-order valence-electron chi connectivity index (χ0n) is 8.12. The van der Waals surface area contributed by atoms with E-state index >= 15 is 0 Å². The molecule has 1 aromatic rings. The van der Waals surface area contributed by atoms with Crippen molar-refractivity contribution in [2.24, 2.45) is 0 Å². The molecule has 0 radical (unpaired) electrons. The number of halogens is 1. The van der Waals surface area contributed by atoms with Crippen molar-refractivity contribution in [2.45, 2.75) is 25.1 Å². The van der Waals surface area contributed by atoms with Crippen LogP contribution in [0.25, 0.3) is 0 Å². The molecule has 1 aliphatic heterocycles. The number of hydrogen-bond donors (Lipinski definition) is 0. The Hall–Kier alpha value is -0.830. The maximum absolute atomic E-state index is 5.69. The molecule has 2 rings (SSSR count). The van der Waals surface area contributed by atoms with Gasteiger partial charge in [-0.25, -0.2) is 9.97 Å². The molecular formula is C10H14ClN3. The Morgan fingerprint density at radius 1 is 1.29 bits per heavy atom. The fraction of sp³-hybridized carbons (Fsp3) is 0.600. The zero-order chi connectivity index (χ0) is 9.80. The molecule has 1 fully saturated rings. The van der Waals surface area contributed by atoms with Crippen LogP contribution in [-0.2, 0) is 5.88 Å². The van der Waals surface area contributed by atoms with Crippen molar-refractivity contribution in [1.29, 1.82) is 0 Å². The van der Waals surface area contributed by atoms with Crippen LogP contribution in [0, 0.1) is 0 Å². The Kier molecular flexibility index (Phi) is 3.19. The maximum Gasteiger partial charge on any atom is 0.145 e. The summed E-state index contributed by atoms with van der Waals surface area (Å²) in [5.74, 6) is 2.13. The fourth-order valence-electron chi connectivity index (χ4n) is 1.75. The van der Waals surface area contributed by atoms with Gasteiger partial charge in [0.1, 0.15) is 11.6 Å². The number of piperidine rings is 1. The van der Waals surface area contributed by atoms with Gasteiger partial charge in [0.25, 0.3) is 0 Å². The van der Waals surface area contributed by atoms with Crippen LogP contribution in [0.3, 0.4) is 0 Å². The Morgan fingerprint density at radius 2 is 2.07 bits per heavy atom. The summed E-state index contributed by atoms with van der Waals surface area (Å²) in [5.41, 5.74) is 0. The molecule has 0 N–H and O–H groups in total. The molecule has 76 valence electrons. The van der Waals surface area contributed by atoms with Crippen LogP contribution in [0.5, 0.6) is 0 Å². The number of alkyl halides is 1. The van der Waals surface area contributed by atoms with Crippen molar-refractivity contribution >= 4 is 17.4 Å². The summed E-state index contributed by atoms with van der Waals surface area (Å²) in [4.78, 5) is 10.8. The van der Waals surface area contributed by atoms with Crippen molar-refractivity contribution < 1.29 is 0 Å². The first-order chi connectivity index (χ1) is 6.90. The van der Waals surface area contributed by atoms with Crippen molar-refractivity contribution in [1.82, 2.24) is 9.97 Å². The van der Waals surface area contributed by atoms with Gasteiger partial charge in [0.05, 0.1) is 5.88 Å². The summed E-state index contributed by atoms with van der Waals surface area (Å²) in [6.45, 7) is 2.22. The summed E-state index contributed by atoms with van der Waals surface area (Å²) in [6, 6.07) is 1.96. The van der Waals surface area contributed by atoms with E-state index in [2.05, 4.69) is 14.9 Å². The van der Waals surface area contributed by atoms with Gasteiger partial charge in [-0.15, -0.1) is 11.6 Å². The molecular weight excluding hydrogens is 198 g/mol. The Morgan fingerprint density at radius 3 is 2.79 bits per heavy atom. The molecule has 0 aliphatic carbocycles. The molecule has 4 heteroatoms. The molecule has 0 saturated carbocycles. The molecule has 14 heavy (non-hydrogen) atoms. The lowest BCUT2D eigenvalue weighted by atomic mass is 10.1. The van der Waals surface area contributed by atoms with Gasteiger partial charge in [0.15, 0.2) is 0 Å². The SMILES string of the molecule is ClCc1nccc(N2CCCCC2)n1. The van der Waals surface area contributed by atoms with Gasteiger partial charge < -0.3 is 4.90 Å². The highest BCUT2D eigenvalue weighted by molar-refractivity contribution is 6.16. The van der Waals surface area contributed by atoms with Crippen LogP contribution in [0.15, 0.2) is 12.3 Å². The minimum absolute atomic E-state index is 0.391. The maximum atomic E-state index is 5.69. The fourth-order valence-corrected chi connectivity index (χ4v) is 1.88. The number of aromatic nitrogens is 2. The number of hydrogen-bond acceptors (Lipinski definition) is 3. The zero-order valence-corrected chi connectivity index (χ0v) is 8.87. The van der Waals surface area contributed by atoms with E-state index in [1.807, 2.05) is 6.07 Å². The van der Waals surface area contributed by atoms with E-state index in [1.165, 1.54) is 19.3 Å². The molecule has 3 nitrogen and oxygen atoms in total. The predicted octanol–water partition coefficient (Wildman–Crippen LogP) is 2.21. The second kappa shape index (κ2) is 4.60. The van der Waals surface area contributed by atoms with Gasteiger partial charge >= 0.3 is 0 Å². The molecule has 0 amide bonds. The van der Waals surface area contributed by atoms with E-state index in [1.54, 1.807) is 6.20 Å². The van der Waals surface area contributed by atoms with E-state index in [0.717, 1.165) is 24.7 Å². The molecule has 0 aromatic carbocycles. The largest absolute Gasteiger partial charge is 0.357 e. The van der Waals surface area contributed by atoms with Crippen LogP contribution >= 0.6 is 11.6 Å². The topological polar surface area (TPSA) is 29.0 Å². The molecule has 1 aromatic heterocycles. The third-order valence-electron chi connectivity index (χ3n) is 2.49. The predicted molar refractivity (Wildman–Crippen MR) is 57.7 cm³/mol. The first-order valence-electron chi connectivity index (χ1n) is 5.03. The van der Waals surface area contributed by atoms with Crippen molar-refractivity contribution in [3.63, 3.8) is 0 Å². The third-order valence-corrected chi connectivity index (χ3v) is 2.73. The van der Waals surface area contributed by atoms with Crippen LogP contribution in [0.2, 0.25) is 0 Å². The number of nitrogens with zero attached hydrogens (tertiary/aromatic N) is 3. The second-order valence-electron chi connectivity index (χ2n) is 3.51. The normalized spacial score (nSPS) is 17.1. The van der Waals surface area contributed by atoms with Crippen LogP contribution in [0.1, 0.15) is 25.1 Å². The van der Waals surface area contributed by atoms with E-state index in [-0.39, 0.29) is 0 Å². The summed E-state index contributed by atoms with van der Waals surface area (Å²) in [5, 5.41) is 0. The van der Waals surface area contributed by atoms with Gasteiger partial charge in [-0.05, 0) is 25.3 Å². The molecule has 0 bridgehead atoms. The molecule has 1 aliphatic rings. The van der Waals surface area contributed by atoms with Crippen molar-refractivity contribution in [3.05, 3.63) is 18.1 Å². The lowest BCUT2D eigenvalue weighted by Gasteiger charge is -2.27. The average molecular weight is 212 g/mol. The first kappa shape index (κ1) is 9.71. The molecule has 0 unspecified atom stereocenters. The second-order valence-corrected chi connectivity index (χ2v) is 3.78. The summed E-state index contributed by atoms with van der Waals surface area (Å²) in [7, 11) is 0. The standard InChI is InChI=1S/C10H14ClN3/c11-8-9-12-5-4-10(13-9)14-6-2-1-3-7-14/h4-5H,1-3,6-8H2. The molecule has 0 atom stereocenters. The monoisotopic (exact) mass is 211 g/mol. The minimum atomic E-state index is 0.391. The number of rotatable bonds is 2. The van der Waals surface area contributed by atoms with E-state index in [9.17, 15) is 0 Å². The lowest BCUT2D eigenvalue weighted by molar-refractivity contribution is 0.572. The highest BCUT2D eigenvalue weighted by Crippen LogP contribution is 2.17. The van der Waals surface area contributed by atoms with Crippen LogP contribution in [-0.4, -0.2) is 23.1 Å². The molecule has 2 heterocycles. The first-order valence-corrected chi connectivity index (χ1v) is 5.56. The van der Waals surface area contributed by atoms with Gasteiger partial charge in [0.2, 0.25) is 0 Å². The van der Waals surface area contributed by atoms with Gasteiger partial charge in [0, 0.05) is 19.3 Å². The Bertz CT molecular complexity index is 297. The minimum Gasteiger partial charge on any atom is -0.357 e. The lowest BCUT2D eigenvalue weighted by Crippen LogP contribution is -2.30. The van der Waals surface area contributed by atoms with E-state index < -0.39 is 0 Å². The number of anilines is 1. The Balaban J connectivity index is 2.13. The average Bonchev–Trinajstić information content (AvgIpc) is 2.30. The summed E-state index contributed by atoms with van der Waals surface area (Å²) >= 11 is 5.69. The van der Waals surface area contributed by atoms with Gasteiger partial charge in [-0.2, -0.15) is 0 Å². The van der Waals surface area contributed by atoms with E-state index in [4.69, 9.17) is 11.6 Å². The summed E-state index contributed by atoms with van der Waals surface area (Å²) in [6.07, 6.45) is 5.65. The van der Waals surface area contributed by atoms with Crippen molar-refractivity contribution in [2.75, 3.05) is 18.0 Å². The third kappa shape index (κ3) is 2.15. The highest BCUT2D eigenvalue weighted by Gasteiger charge is 2.12. The molecule has 1 saturated heterocycles. The Labute approximate surface area is 89.1 Å². The van der Waals surface area contributed by atoms with Gasteiger partial charge in [-0.3, -0.25) is 0 Å². The van der Waals surface area contributed by atoms with Gasteiger partial charge in [-0.1, -0.05) is 0 Å². The smallest absolute Gasteiger partial charge is 0.145 e. The van der Waals surface area contributed by atoms with E-state index in [0.29, 0.717) is 5.88 Å². The van der Waals surface area contributed by atoms with Crippen LogP contribution in [0.4, 0.5) is 5.82 Å². The molecule has 0 spiro atoms. The quantitative estimate of drug-likeness (QED) is 0.703. The van der Waals surface area contributed by atoms with Crippen molar-refractivity contribution in [3.8, 4) is 0 Å². The highest BCUT2D eigenvalue weighted by atomic mass is 35.5. The summed E-state index contributed by atoms with van der Waals surface area (Å²) < 4.78 is 0. The van der Waals surface area contributed by atoms with Crippen LogP contribution < -0.4 is 4.90 Å².